The topological polar surface area (TPSA) is 115 Å². The number of nitrogens with zero attached hydrogens (tertiary/aromatic N) is 4. The molecule has 114 valence electrons. The van der Waals surface area contributed by atoms with Gasteiger partial charge in [0.2, 0.25) is 17.2 Å². The average Bonchev–Trinajstić information content (AvgIpc) is 2.46. The van der Waals surface area contributed by atoms with Crippen LogP contribution in [0.15, 0.2) is 0 Å². The Morgan fingerprint density at radius 2 is 1.60 bits per heavy atom. The molecule has 0 spiro atoms. The second-order valence-corrected chi connectivity index (χ2v) is 4.62. The first-order valence-electron chi connectivity index (χ1n) is 6.31. The molecule has 0 aliphatic heterocycles. The first kappa shape index (κ1) is 16.8. The van der Waals surface area contributed by atoms with E-state index in [1.807, 2.05) is 18.7 Å². The maximum atomic E-state index is 9.28. The minimum Gasteiger partial charge on any atom is -0.394 e. The Kier molecular flexibility index (Phi) is 6.34. The summed E-state index contributed by atoms with van der Waals surface area (Å²) in [5.74, 6) is 0.476. The number of aromatic nitrogens is 3. The number of aliphatic hydroxyl groups excluding tert-OH is 3. The van der Waals surface area contributed by atoms with Crippen molar-refractivity contribution in [2.75, 3.05) is 43.1 Å². The molecular formula is C11H20ClN5O3. The molecule has 0 fully saturated rings. The van der Waals surface area contributed by atoms with Gasteiger partial charge in [0.15, 0.2) is 0 Å². The summed E-state index contributed by atoms with van der Waals surface area (Å²) in [6.07, 6.45) is 0. The highest BCUT2D eigenvalue weighted by molar-refractivity contribution is 6.28. The van der Waals surface area contributed by atoms with Gasteiger partial charge in [-0.2, -0.15) is 15.0 Å². The molecule has 0 atom stereocenters. The monoisotopic (exact) mass is 305 g/mol. The molecule has 0 aromatic carbocycles. The van der Waals surface area contributed by atoms with E-state index in [-0.39, 0.29) is 11.2 Å². The van der Waals surface area contributed by atoms with Crippen molar-refractivity contribution in [1.29, 1.82) is 0 Å². The second kappa shape index (κ2) is 7.53. The van der Waals surface area contributed by atoms with E-state index in [1.54, 1.807) is 0 Å². The molecule has 20 heavy (non-hydrogen) atoms. The summed E-state index contributed by atoms with van der Waals surface area (Å²) in [5, 5.41) is 30.5. The van der Waals surface area contributed by atoms with Gasteiger partial charge in [-0.15, -0.1) is 0 Å². The first-order valence-corrected chi connectivity index (χ1v) is 6.69. The van der Waals surface area contributed by atoms with Crippen molar-refractivity contribution >= 4 is 23.5 Å². The number of halogens is 1. The highest BCUT2D eigenvalue weighted by atomic mass is 35.5. The van der Waals surface area contributed by atoms with Crippen LogP contribution in [0.1, 0.15) is 13.8 Å². The minimum absolute atomic E-state index is 0.00730. The third-order valence-electron chi connectivity index (χ3n) is 2.93. The van der Waals surface area contributed by atoms with Gasteiger partial charge in [0, 0.05) is 13.1 Å². The lowest BCUT2D eigenvalue weighted by Gasteiger charge is -2.29. The third kappa shape index (κ3) is 3.89. The van der Waals surface area contributed by atoms with Crippen molar-refractivity contribution in [1.82, 2.24) is 15.0 Å². The largest absolute Gasteiger partial charge is 0.394 e. The molecule has 1 aromatic heterocycles. The molecule has 8 nitrogen and oxygen atoms in total. The summed E-state index contributed by atoms with van der Waals surface area (Å²) >= 11 is 5.85. The molecule has 0 aliphatic carbocycles. The molecule has 0 saturated heterocycles. The summed E-state index contributed by atoms with van der Waals surface area (Å²) in [6.45, 7) is 3.85. The number of anilines is 2. The Bertz CT molecular complexity index is 418. The number of aliphatic hydroxyl groups is 3. The van der Waals surface area contributed by atoms with Gasteiger partial charge in [-0.1, -0.05) is 0 Å². The Morgan fingerprint density at radius 3 is 2.05 bits per heavy atom. The van der Waals surface area contributed by atoms with Gasteiger partial charge in [-0.3, -0.25) is 0 Å². The SMILES string of the molecule is CCN(CC)c1nc(Cl)nc(NC(CO)(CO)CO)n1. The fraction of sp³-hybridized carbons (Fsp3) is 0.727. The smallest absolute Gasteiger partial charge is 0.231 e. The zero-order chi connectivity index (χ0) is 15.2. The van der Waals surface area contributed by atoms with Crippen LogP contribution in [0, 0.1) is 0 Å². The molecule has 0 saturated carbocycles. The Balaban J connectivity index is 3.07. The Hall–Kier alpha value is -1.22. The zero-order valence-electron chi connectivity index (χ0n) is 11.5. The van der Waals surface area contributed by atoms with Crippen molar-refractivity contribution in [3.05, 3.63) is 5.28 Å². The van der Waals surface area contributed by atoms with E-state index in [2.05, 4.69) is 20.3 Å². The Labute approximate surface area is 122 Å². The first-order chi connectivity index (χ1) is 9.53. The maximum Gasteiger partial charge on any atom is 0.231 e. The van der Waals surface area contributed by atoms with Crippen molar-refractivity contribution in [2.45, 2.75) is 19.4 Å². The van der Waals surface area contributed by atoms with E-state index in [4.69, 9.17) is 11.6 Å². The van der Waals surface area contributed by atoms with Crippen molar-refractivity contribution in [3.63, 3.8) is 0 Å². The molecule has 0 radical (unpaired) electrons. The molecule has 1 rings (SSSR count). The van der Waals surface area contributed by atoms with Gasteiger partial charge in [-0.05, 0) is 25.4 Å². The maximum absolute atomic E-state index is 9.28. The average molecular weight is 306 g/mol. The van der Waals surface area contributed by atoms with Gasteiger partial charge in [0.25, 0.3) is 0 Å². The van der Waals surface area contributed by atoms with E-state index in [0.29, 0.717) is 19.0 Å². The van der Waals surface area contributed by atoms with Crippen LogP contribution in [-0.4, -0.2) is 68.7 Å². The fourth-order valence-corrected chi connectivity index (χ4v) is 1.70. The molecule has 1 aromatic rings. The van der Waals surface area contributed by atoms with Crippen LogP contribution in [-0.2, 0) is 0 Å². The number of hydrogen-bond donors (Lipinski definition) is 4. The molecule has 0 aliphatic rings. The van der Waals surface area contributed by atoms with Crippen LogP contribution in [0.5, 0.6) is 0 Å². The summed E-state index contributed by atoms with van der Waals surface area (Å²) < 4.78 is 0. The highest BCUT2D eigenvalue weighted by Crippen LogP contribution is 2.17. The van der Waals surface area contributed by atoms with Gasteiger partial charge in [0.1, 0.15) is 5.54 Å². The number of nitrogens with one attached hydrogen (secondary N) is 1. The van der Waals surface area contributed by atoms with E-state index in [0.717, 1.165) is 0 Å². The molecule has 0 unspecified atom stereocenters. The van der Waals surface area contributed by atoms with Crippen LogP contribution in [0.25, 0.3) is 0 Å². The van der Waals surface area contributed by atoms with Crippen LogP contribution < -0.4 is 10.2 Å². The predicted molar refractivity (Wildman–Crippen MR) is 76.0 cm³/mol. The molecule has 0 amide bonds. The molecular weight excluding hydrogens is 286 g/mol. The Morgan fingerprint density at radius 1 is 1.05 bits per heavy atom. The highest BCUT2D eigenvalue weighted by Gasteiger charge is 2.29. The summed E-state index contributed by atoms with van der Waals surface area (Å²) in [6, 6.07) is 0. The lowest BCUT2D eigenvalue weighted by molar-refractivity contribution is 0.0828. The molecule has 9 heteroatoms. The summed E-state index contributed by atoms with van der Waals surface area (Å²) in [7, 11) is 0. The van der Waals surface area contributed by atoms with Gasteiger partial charge in [-0.25, -0.2) is 0 Å². The predicted octanol–water partition coefficient (Wildman–Crippen LogP) is -0.501. The summed E-state index contributed by atoms with van der Waals surface area (Å²) in [4.78, 5) is 14.0. The van der Waals surface area contributed by atoms with Gasteiger partial charge < -0.3 is 25.5 Å². The van der Waals surface area contributed by atoms with E-state index < -0.39 is 25.4 Å². The third-order valence-corrected chi connectivity index (χ3v) is 3.10. The normalized spacial score (nSPS) is 11.5. The second-order valence-electron chi connectivity index (χ2n) is 4.28. The number of hydrogen-bond acceptors (Lipinski definition) is 8. The quantitative estimate of drug-likeness (QED) is 0.508. The number of rotatable bonds is 8. The molecule has 1 heterocycles. The molecule has 4 N–H and O–H groups in total. The fourth-order valence-electron chi connectivity index (χ4n) is 1.55. The van der Waals surface area contributed by atoms with Crippen molar-refractivity contribution in [3.8, 4) is 0 Å². The van der Waals surface area contributed by atoms with Crippen LogP contribution >= 0.6 is 11.6 Å². The van der Waals surface area contributed by atoms with Crippen LogP contribution in [0.3, 0.4) is 0 Å². The van der Waals surface area contributed by atoms with Crippen LogP contribution in [0.2, 0.25) is 5.28 Å². The summed E-state index contributed by atoms with van der Waals surface area (Å²) in [5.41, 5.74) is -1.31. The lowest BCUT2D eigenvalue weighted by atomic mass is 10.0. The van der Waals surface area contributed by atoms with Gasteiger partial charge >= 0.3 is 0 Å². The lowest BCUT2D eigenvalue weighted by Crippen LogP contribution is -2.49. The van der Waals surface area contributed by atoms with Crippen molar-refractivity contribution < 1.29 is 15.3 Å². The van der Waals surface area contributed by atoms with Crippen molar-refractivity contribution in [2.24, 2.45) is 0 Å². The van der Waals surface area contributed by atoms with E-state index in [1.165, 1.54) is 0 Å². The van der Waals surface area contributed by atoms with Gasteiger partial charge in [0.05, 0.1) is 19.8 Å². The molecule has 0 bridgehead atoms. The van der Waals surface area contributed by atoms with Crippen LogP contribution in [0.4, 0.5) is 11.9 Å². The zero-order valence-corrected chi connectivity index (χ0v) is 12.3. The van der Waals surface area contributed by atoms with E-state index in [9.17, 15) is 15.3 Å². The standard InChI is InChI=1S/C11H20ClN5O3/c1-3-17(4-2)10-14-8(12)13-9(15-10)16-11(5-18,6-19)7-20/h18-20H,3-7H2,1-2H3,(H,13,14,15,16). The van der Waals surface area contributed by atoms with E-state index >= 15 is 0 Å². The minimum atomic E-state index is -1.31.